The summed E-state index contributed by atoms with van der Waals surface area (Å²) in [5.41, 5.74) is 5.43. The number of carbonyl (C=O) groups is 1. The van der Waals surface area contributed by atoms with Crippen molar-refractivity contribution in [3.8, 4) is 0 Å². The van der Waals surface area contributed by atoms with E-state index in [0.29, 0.717) is 6.54 Å². The van der Waals surface area contributed by atoms with Crippen LogP contribution in [-0.4, -0.2) is 42.6 Å². The zero-order chi connectivity index (χ0) is 10.9. The number of hydrogen-bond donors (Lipinski definition) is 1. The number of hydrogen-bond acceptors (Lipinski definition) is 3. The summed E-state index contributed by atoms with van der Waals surface area (Å²) in [4.78, 5) is 13.7. The summed E-state index contributed by atoms with van der Waals surface area (Å²) in [6.45, 7) is 1.53. The largest absolute Gasteiger partial charge is 0.376 e. The zero-order valence-corrected chi connectivity index (χ0v) is 9.37. The molecule has 1 amide bonds. The van der Waals surface area contributed by atoms with Crippen molar-refractivity contribution in [1.82, 2.24) is 4.90 Å². The molecule has 0 aromatic heterocycles. The number of rotatable bonds is 3. The van der Waals surface area contributed by atoms with E-state index in [0.717, 1.165) is 38.7 Å². The van der Waals surface area contributed by atoms with Crippen molar-refractivity contribution < 1.29 is 9.53 Å². The van der Waals surface area contributed by atoms with E-state index < -0.39 is 5.54 Å². The normalized spacial score (nSPS) is 28.5. The van der Waals surface area contributed by atoms with E-state index >= 15 is 0 Å². The molecule has 15 heavy (non-hydrogen) atoms. The standard InChI is InChI=1S/C11H20N2O2/c1-13(8-9-4-2-7-15-9)10(14)11(12)5-3-6-11/h9H,2-8,12H2,1H3. The minimum absolute atomic E-state index is 0.0873. The van der Waals surface area contributed by atoms with Crippen LogP contribution < -0.4 is 5.73 Å². The number of ether oxygens (including phenoxy) is 1. The molecule has 1 aliphatic heterocycles. The maximum atomic E-state index is 12.0. The lowest BCUT2D eigenvalue weighted by Crippen LogP contribution is -2.59. The Morgan fingerprint density at radius 3 is 2.73 bits per heavy atom. The first-order valence-electron chi connectivity index (χ1n) is 5.78. The number of nitrogens with zero attached hydrogens (tertiary/aromatic N) is 1. The number of amides is 1. The van der Waals surface area contributed by atoms with Crippen molar-refractivity contribution in [2.75, 3.05) is 20.2 Å². The van der Waals surface area contributed by atoms with Gasteiger partial charge in [-0.05, 0) is 32.1 Å². The molecule has 1 saturated carbocycles. The van der Waals surface area contributed by atoms with Crippen molar-refractivity contribution in [3.63, 3.8) is 0 Å². The van der Waals surface area contributed by atoms with Crippen molar-refractivity contribution in [3.05, 3.63) is 0 Å². The topological polar surface area (TPSA) is 55.6 Å². The lowest BCUT2D eigenvalue weighted by Gasteiger charge is -2.39. The molecule has 0 aromatic carbocycles. The number of nitrogens with two attached hydrogens (primary N) is 1. The van der Waals surface area contributed by atoms with Gasteiger partial charge in [-0.3, -0.25) is 4.79 Å². The Kier molecular flexibility index (Phi) is 2.98. The lowest BCUT2D eigenvalue weighted by molar-refractivity contribution is -0.140. The molecule has 1 heterocycles. The molecule has 0 spiro atoms. The first-order valence-corrected chi connectivity index (χ1v) is 5.78. The quantitative estimate of drug-likeness (QED) is 0.741. The van der Waals surface area contributed by atoms with Crippen LogP contribution in [0.5, 0.6) is 0 Å². The van der Waals surface area contributed by atoms with Gasteiger partial charge in [-0.15, -0.1) is 0 Å². The third-order valence-corrected chi connectivity index (χ3v) is 3.52. The van der Waals surface area contributed by atoms with Gasteiger partial charge in [-0.2, -0.15) is 0 Å². The average Bonchev–Trinajstić information content (AvgIpc) is 2.65. The third-order valence-electron chi connectivity index (χ3n) is 3.52. The summed E-state index contributed by atoms with van der Waals surface area (Å²) in [5.74, 6) is 0.0873. The molecule has 4 heteroatoms. The highest BCUT2D eigenvalue weighted by Gasteiger charge is 2.42. The van der Waals surface area contributed by atoms with Crippen LogP contribution in [0.15, 0.2) is 0 Å². The van der Waals surface area contributed by atoms with Crippen LogP contribution in [0.3, 0.4) is 0 Å². The van der Waals surface area contributed by atoms with Gasteiger partial charge < -0.3 is 15.4 Å². The molecular weight excluding hydrogens is 192 g/mol. The number of carbonyl (C=O) groups excluding carboxylic acids is 1. The van der Waals surface area contributed by atoms with Crippen LogP contribution in [0, 0.1) is 0 Å². The second kappa shape index (κ2) is 4.10. The Balaban J connectivity index is 1.84. The fourth-order valence-corrected chi connectivity index (χ4v) is 2.33. The van der Waals surface area contributed by atoms with Gasteiger partial charge >= 0.3 is 0 Å². The SMILES string of the molecule is CN(CC1CCCO1)C(=O)C1(N)CCC1. The van der Waals surface area contributed by atoms with E-state index in [1.807, 2.05) is 7.05 Å². The lowest BCUT2D eigenvalue weighted by atomic mass is 9.76. The van der Waals surface area contributed by atoms with E-state index in [2.05, 4.69) is 0 Å². The summed E-state index contributed by atoms with van der Waals surface area (Å²) < 4.78 is 5.50. The van der Waals surface area contributed by atoms with E-state index in [1.54, 1.807) is 4.90 Å². The maximum absolute atomic E-state index is 12.0. The van der Waals surface area contributed by atoms with Crippen molar-refractivity contribution in [1.29, 1.82) is 0 Å². The summed E-state index contributed by atoms with van der Waals surface area (Å²) in [5, 5.41) is 0. The second-order valence-corrected chi connectivity index (χ2v) is 4.83. The Hall–Kier alpha value is -0.610. The Morgan fingerprint density at radius 1 is 1.53 bits per heavy atom. The summed E-state index contributed by atoms with van der Waals surface area (Å²) in [6.07, 6.45) is 5.15. The molecule has 1 saturated heterocycles. The van der Waals surface area contributed by atoms with Gasteiger partial charge in [0.2, 0.25) is 5.91 Å². The van der Waals surface area contributed by atoms with Crippen LogP contribution in [0.25, 0.3) is 0 Å². The van der Waals surface area contributed by atoms with Gasteiger partial charge in [0, 0.05) is 20.2 Å². The third kappa shape index (κ3) is 2.16. The van der Waals surface area contributed by atoms with E-state index in [1.165, 1.54) is 0 Å². The molecule has 2 aliphatic rings. The first kappa shape index (κ1) is 10.9. The molecular formula is C11H20N2O2. The smallest absolute Gasteiger partial charge is 0.242 e. The minimum Gasteiger partial charge on any atom is -0.376 e. The second-order valence-electron chi connectivity index (χ2n) is 4.83. The first-order chi connectivity index (χ1) is 7.12. The highest BCUT2D eigenvalue weighted by atomic mass is 16.5. The van der Waals surface area contributed by atoms with Crippen LogP contribution >= 0.6 is 0 Å². The molecule has 2 fully saturated rings. The van der Waals surface area contributed by atoms with Crippen LogP contribution in [0.1, 0.15) is 32.1 Å². The molecule has 1 aliphatic carbocycles. The van der Waals surface area contributed by atoms with Crippen LogP contribution in [0.4, 0.5) is 0 Å². The van der Waals surface area contributed by atoms with E-state index in [-0.39, 0.29) is 12.0 Å². The Labute approximate surface area is 90.8 Å². The van der Waals surface area contributed by atoms with Crippen molar-refractivity contribution in [2.45, 2.75) is 43.7 Å². The van der Waals surface area contributed by atoms with Crippen LogP contribution in [0.2, 0.25) is 0 Å². The molecule has 2 rings (SSSR count). The molecule has 2 N–H and O–H groups in total. The summed E-state index contributed by atoms with van der Waals surface area (Å²) >= 11 is 0. The number of likely N-dealkylation sites (N-methyl/N-ethyl adjacent to an activating group) is 1. The van der Waals surface area contributed by atoms with Gasteiger partial charge in [0.25, 0.3) is 0 Å². The highest BCUT2D eigenvalue weighted by molar-refractivity contribution is 5.86. The Bertz CT molecular complexity index is 245. The minimum atomic E-state index is -0.562. The average molecular weight is 212 g/mol. The fourth-order valence-electron chi connectivity index (χ4n) is 2.33. The predicted molar refractivity (Wildman–Crippen MR) is 57.4 cm³/mol. The van der Waals surface area contributed by atoms with Gasteiger partial charge in [0.05, 0.1) is 11.6 Å². The van der Waals surface area contributed by atoms with E-state index in [4.69, 9.17) is 10.5 Å². The summed E-state index contributed by atoms with van der Waals surface area (Å²) in [7, 11) is 1.83. The molecule has 4 nitrogen and oxygen atoms in total. The molecule has 86 valence electrons. The molecule has 0 radical (unpaired) electrons. The van der Waals surface area contributed by atoms with Gasteiger partial charge in [-0.1, -0.05) is 0 Å². The van der Waals surface area contributed by atoms with E-state index in [9.17, 15) is 4.79 Å². The van der Waals surface area contributed by atoms with Gasteiger partial charge in [-0.25, -0.2) is 0 Å². The van der Waals surface area contributed by atoms with Gasteiger partial charge in [0.1, 0.15) is 0 Å². The van der Waals surface area contributed by atoms with Crippen molar-refractivity contribution >= 4 is 5.91 Å². The molecule has 0 aromatic rings. The Morgan fingerprint density at radius 2 is 2.27 bits per heavy atom. The fraction of sp³-hybridized carbons (Fsp3) is 0.909. The molecule has 1 unspecified atom stereocenters. The maximum Gasteiger partial charge on any atom is 0.242 e. The summed E-state index contributed by atoms with van der Waals surface area (Å²) in [6, 6.07) is 0. The zero-order valence-electron chi connectivity index (χ0n) is 9.37. The molecule has 0 bridgehead atoms. The van der Waals surface area contributed by atoms with Crippen molar-refractivity contribution in [2.24, 2.45) is 5.73 Å². The molecule has 1 atom stereocenters. The highest BCUT2D eigenvalue weighted by Crippen LogP contribution is 2.30. The predicted octanol–water partition coefficient (Wildman–Crippen LogP) is 0.505. The van der Waals surface area contributed by atoms with Gasteiger partial charge in [0.15, 0.2) is 0 Å². The monoisotopic (exact) mass is 212 g/mol. The van der Waals surface area contributed by atoms with Crippen LogP contribution in [-0.2, 0) is 9.53 Å².